The molecule has 0 bridgehead atoms. The van der Waals surface area contributed by atoms with Gasteiger partial charge in [-0.1, -0.05) is 0 Å². The minimum Gasteiger partial charge on any atom is -0.378 e. The Morgan fingerprint density at radius 1 is 1.39 bits per heavy atom. The molecule has 0 radical (unpaired) electrons. The number of carbonyl (C=O) groups excluding carboxylic acids is 1. The molecule has 1 saturated heterocycles. The number of nitrogens with one attached hydrogen (secondary N) is 2. The van der Waals surface area contributed by atoms with Crippen LogP contribution in [0.1, 0.15) is 53.4 Å². The van der Waals surface area contributed by atoms with Crippen LogP contribution in [0.15, 0.2) is 0 Å². The number of hydrogen-bond acceptors (Lipinski definition) is 3. The molecule has 4 heteroatoms. The molecule has 106 valence electrons. The lowest BCUT2D eigenvalue weighted by Crippen LogP contribution is -2.49. The van der Waals surface area contributed by atoms with Gasteiger partial charge in [-0.3, -0.25) is 4.79 Å². The topological polar surface area (TPSA) is 50.4 Å². The molecule has 0 aromatic rings. The van der Waals surface area contributed by atoms with Crippen molar-refractivity contribution in [1.29, 1.82) is 0 Å². The van der Waals surface area contributed by atoms with Gasteiger partial charge in [-0.05, 0) is 59.9 Å². The van der Waals surface area contributed by atoms with Crippen LogP contribution in [0.2, 0.25) is 0 Å². The van der Waals surface area contributed by atoms with Gasteiger partial charge < -0.3 is 15.4 Å². The summed E-state index contributed by atoms with van der Waals surface area (Å²) in [5.41, 5.74) is -0.167. The predicted molar refractivity (Wildman–Crippen MR) is 73.6 cm³/mol. The summed E-state index contributed by atoms with van der Waals surface area (Å²) in [5.74, 6) is 0.0621. The fraction of sp³-hybridized carbons (Fsp3) is 0.929. The summed E-state index contributed by atoms with van der Waals surface area (Å²) in [6, 6.07) is -0.146. The number of hydrogen-bond donors (Lipinski definition) is 2. The second kappa shape index (κ2) is 7.10. The van der Waals surface area contributed by atoms with Gasteiger partial charge in [0.15, 0.2) is 0 Å². The van der Waals surface area contributed by atoms with Gasteiger partial charge in [-0.15, -0.1) is 0 Å². The molecule has 0 saturated carbocycles. The van der Waals surface area contributed by atoms with Crippen LogP contribution in [0.5, 0.6) is 0 Å². The Labute approximate surface area is 111 Å². The molecule has 18 heavy (non-hydrogen) atoms. The molecule has 2 N–H and O–H groups in total. The Hall–Kier alpha value is -0.610. The normalized spacial score (nSPS) is 22.6. The molecule has 0 spiro atoms. The summed E-state index contributed by atoms with van der Waals surface area (Å²) < 4.78 is 5.66. The molecule has 1 amide bonds. The van der Waals surface area contributed by atoms with E-state index in [1.165, 1.54) is 12.8 Å². The molecular formula is C14H28N2O2. The van der Waals surface area contributed by atoms with E-state index in [0.717, 1.165) is 26.0 Å². The van der Waals surface area contributed by atoms with E-state index in [4.69, 9.17) is 4.74 Å². The van der Waals surface area contributed by atoms with E-state index in [1.54, 1.807) is 0 Å². The van der Waals surface area contributed by atoms with Crippen molar-refractivity contribution in [2.24, 2.45) is 0 Å². The molecule has 1 rings (SSSR count). The van der Waals surface area contributed by atoms with Gasteiger partial charge in [0, 0.05) is 12.1 Å². The third-order valence-electron chi connectivity index (χ3n) is 3.08. The largest absolute Gasteiger partial charge is 0.378 e. The molecule has 2 atom stereocenters. The quantitative estimate of drug-likeness (QED) is 0.789. The number of amides is 1. The highest BCUT2D eigenvalue weighted by Crippen LogP contribution is 2.14. The smallest absolute Gasteiger partial charge is 0.237 e. The van der Waals surface area contributed by atoms with Crippen LogP contribution in [0.25, 0.3) is 0 Å². The van der Waals surface area contributed by atoms with Crippen molar-refractivity contribution < 1.29 is 9.53 Å². The molecule has 1 aliphatic rings. The highest BCUT2D eigenvalue weighted by atomic mass is 16.5. The maximum atomic E-state index is 11.8. The summed E-state index contributed by atoms with van der Waals surface area (Å²) in [5, 5.41) is 6.23. The molecule has 1 aliphatic heterocycles. The molecule has 0 aliphatic carbocycles. The van der Waals surface area contributed by atoms with Crippen LogP contribution < -0.4 is 10.6 Å². The van der Waals surface area contributed by atoms with E-state index < -0.39 is 0 Å². The summed E-state index contributed by atoms with van der Waals surface area (Å²) >= 11 is 0. The minimum absolute atomic E-state index is 0.0621. The molecule has 2 unspecified atom stereocenters. The zero-order chi connectivity index (χ0) is 13.6. The fourth-order valence-electron chi connectivity index (χ4n) is 2.07. The summed E-state index contributed by atoms with van der Waals surface area (Å²) in [6.45, 7) is 9.62. The van der Waals surface area contributed by atoms with E-state index in [9.17, 15) is 4.79 Å². The summed E-state index contributed by atoms with van der Waals surface area (Å²) in [7, 11) is 0. The van der Waals surface area contributed by atoms with Crippen LogP contribution in [-0.2, 0) is 9.53 Å². The van der Waals surface area contributed by atoms with Crippen LogP contribution >= 0.6 is 0 Å². The Morgan fingerprint density at radius 2 is 2.11 bits per heavy atom. The molecule has 0 aromatic carbocycles. The second-order valence-corrected chi connectivity index (χ2v) is 6.19. The number of rotatable bonds is 5. The highest BCUT2D eigenvalue weighted by Gasteiger charge is 2.19. The van der Waals surface area contributed by atoms with Crippen LogP contribution in [0.3, 0.4) is 0 Å². The Morgan fingerprint density at radius 3 is 2.67 bits per heavy atom. The first-order valence-corrected chi connectivity index (χ1v) is 7.05. The van der Waals surface area contributed by atoms with Gasteiger partial charge in [0.05, 0.1) is 12.1 Å². The average Bonchev–Trinajstić information content (AvgIpc) is 2.28. The second-order valence-electron chi connectivity index (χ2n) is 6.19. The fourth-order valence-corrected chi connectivity index (χ4v) is 2.07. The van der Waals surface area contributed by atoms with E-state index in [2.05, 4.69) is 10.6 Å². The number of ether oxygens (including phenoxy) is 1. The zero-order valence-electron chi connectivity index (χ0n) is 12.2. The standard InChI is InChI=1S/C14H28N2O2/c1-11(13(17)16-14(2,3)4)15-9-8-12-7-5-6-10-18-12/h11-12,15H,5-10H2,1-4H3,(H,16,17). The van der Waals surface area contributed by atoms with Crippen LogP contribution in [0, 0.1) is 0 Å². The average molecular weight is 256 g/mol. The van der Waals surface area contributed by atoms with E-state index in [1.807, 2.05) is 27.7 Å². The monoisotopic (exact) mass is 256 g/mol. The van der Waals surface area contributed by atoms with Gasteiger partial charge in [0.25, 0.3) is 0 Å². The lowest BCUT2D eigenvalue weighted by Gasteiger charge is -2.25. The molecular weight excluding hydrogens is 228 g/mol. The maximum absolute atomic E-state index is 11.8. The van der Waals surface area contributed by atoms with Gasteiger partial charge in [0.2, 0.25) is 5.91 Å². The lowest BCUT2D eigenvalue weighted by molar-refractivity contribution is -0.124. The Bertz CT molecular complexity index is 255. The first-order chi connectivity index (χ1) is 8.38. The summed E-state index contributed by atoms with van der Waals surface area (Å²) in [4.78, 5) is 11.8. The maximum Gasteiger partial charge on any atom is 0.237 e. The van der Waals surface area contributed by atoms with Gasteiger partial charge >= 0.3 is 0 Å². The van der Waals surface area contributed by atoms with Crippen molar-refractivity contribution in [3.63, 3.8) is 0 Å². The lowest BCUT2D eigenvalue weighted by atomic mass is 10.1. The first kappa shape index (κ1) is 15.4. The Balaban J connectivity index is 2.15. The van der Waals surface area contributed by atoms with Crippen molar-refractivity contribution in [3.8, 4) is 0 Å². The number of carbonyl (C=O) groups is 1. The van der Waals surface area contributed by atoms with Crippen LogP contribution in [-0.4, -0.2) is 36.7 Å². The van der Waals surface area contributed by atoms with Crippen molar-refractivity contribution in [3.05, 3.63) is 0 Å². The predicted octanol–water partition coefficient (Wildman–Crippen LogP) is 1.84. The minimum atomic E-state index is -0.167. The SMILES string of the molecule is CC(NCCC1CCCCO1)C(=O)NC(C)(C)C. The van der Waals surface area contributed by atoms with Crippen molar-refractivity contribution in [2.45, 2.75) is 71.1 Å². The zero-order valence-corrected chi connectivity index (χ0v) is 12.2. The molecule has 1 fully saturated rings. The van der Waals surface area contributed by atoms with Crippen molar-refractivity contribution in [2.75, 3.05) is 13.2 Å². The van der Waals surface area contributed by atoms with Crippen molar-refractivity contribution >= 4 is 5.91 Å². The molecule has 0 aromatic heterocycles. The first-order valence-electron chi connectivity index (χ1n) is 7.05. The highest BCUT2D eigenvalue weighted by molar-refractivity contribution is 5.81. The molecule has 1 heterocycles. The van der Waals surface area contributed by atoms with Crippen molar-refractivity contribution in [1.82, 2.24) is 10.6 Å². The third kappa shape index (κ3) is 6.36. The third-order valence-corrected chi connectivity index (χ3v) is 3.08. The van der Waals surface area contributed by atoms with E-state index in [0.29, 0.717) is 6.10 Å². The Kier molecular flexibility index (Phi) is 6.09. The van der Waals surface area contributed by atoms with E-state index >= 15 is 0 Å². The van der Waals surface area contributed by atoms with Gasteiger partial charge in [0.1, 0.15) is 0 Å². The summed E-state index contributed by atoms with van der Waals surface area (Å²) in [6.07, 6.45) is 4.99. The van der Waals surface area contributed by atoms with Gasteiger partial charge in [-0.25, -0.2) is 0 Å². The van der Waals surface area contributed by atoms with Gasteiger partial charge in [-0.2, -0.15) is 0 Å². The van der Waals surface area contributed by atoms with Crippen LogP contribution in [0.4, 0.5) is 0 Å². The molecule has 4 nitrogen and oxygen atoms in total. The van der Waals surface area contributed by atoms with E-state index in [-0.39, 0.29) is 17.5 Å².